The van der Waals surface area contributed by atoms with Gasteiger partial charge in [0.05, 0.1) is 22.9 Å². The van der Waals surface area contributed by atoms with Crippen molar-refractivity contribution in [1.29, 1.82) is 0 Å². The van der Waals surface area contributed by atoms with Crippen LogP contribution in [0, 0.1) is 10.1 Å². The van der Waals surface area contributed by atoms with E-state index in [1.54, 1.807) is 71.4 Å². The highest BCUT2D eigenvalue weighted by Gasteiger charge is 2.35. The van der Waals surface area contributed by atoms with E-state index in [4.69, 9.17) is 11.6 Å². The largest absolute Gasteiger partial charge is 0.343 e. The smallest absolute Gasteiger partial charge is 0.293 e. The molecule has 0 saturated carbocycles. The molecule has 0 spiro atoms. The van der Waals surface area contributed by atoms with Crippen molar-refractivity contribution < 1.29 is 14.5 Å². The fraction of sp³-hybridized carbons (Fsp3) is 0.0909. The van der Waals surface area contributed by atoms with Gasteiger partial charge in [-0.2, -0.15) is 0 Å². The number of nitro benzene ring substituents is 1. The highest BCUT2D eigenvalue weighted by molar-refractivity contribution is 8.18. The number of benzene rings is 2. The van der Waals surface area contributed by atoms with Gasteiger partial charge in [-0.3, -0.25) is 24.6 Å². The van der Waals surface area contributed by atoms with Crippen molar-refractivity contribution in [2.45, 2.75) is 13.1 Å². The standard InChI is InChI=1S/C22H16ClN3O4S/c23-17-9-7-15(8-10-17)13-25-21(27)20(31-22(25)28)12-18-5-3-11-24(18)14-16-4-1-2-6-19(16)26(29)30/h1-12H,13-14H2/b20-12-. The lowest BCUT2D eigenvalue weighted by Crippen LogP contribution is -2.27. The van der Waals surface area contributed by atoms with E-state index in [1.807, 2.05) is 0 Å². The average molecular weight is 454 g/mol. The average Bonchev–Trinajstić information content (AvgIpc) is 3.29. The van der Waals surface area contributed by atoms with Crippen molar-refractivity contribution >= 4 is 46.3 Å². The minimum Gasteiger partial charge on any atom is -0.343 e. The molecule has 0 bridgehead atoms. The van der Waals surface area contributed by atoms with Gasteiger partial charge < -0.3 is 4.57 Å². The molecule has 1 aliphatic rings. The molecule has 4 rings (SSSR count). The molecule has 31 heavy (non-hydrogen) atoms. The molecule has 0 atom stereocenters. The third-order valence-corrected chi connectivity index (χ3v) is 5.96. The van der Waals surface area contributed by atoms with E-state index in [9.17, 15) is 19.7 Å². The summed E-state index contributed by atoms with van der Waals surface area (Å²) < 4.78 is 1.80. The molecule has 1 aromatic heterocycles. The molecule has 2 aromatic carbocycles. The van der Waals surface area contributed by atoms with Gasteiger partial charge in [-0.25, -0.2) is 0 Å². The Hall–Kier alpha value is -3.36. The maximum absolute atomic E-state index is 12.8. The highest BCUT2D eigenvalue weighted by atomic mass is 35.5. The van der Waals surface area contributed by atoms with Crippen LogP contribution in [0.4, 0.5) is 10.5 Å². The van der Waals surface area contributed by atoms with Crippen molar-refractivity contribution in [3.05, 3.63) is 104 Å². The molecule has 2 heterocycles. The molecule has 3 aromatic rings. The lowest BCUT2D eigenvalue weighted by Gasteiger charge is -2.12. The quantitative estimate of drug-likeness (QED) is 0.286. The van der Waals surface area contributed by atoms with Crippen LogP contribution in [0.3, 0.4) is 0 Å². The number of halogens is 1. The first-order valence-corrected chi connectivity index (χ1v) is 10.5. The highest BCUT2D eigenvalue weighted by Crippen LogP contribution is 2.33. The summed E-state index contributed by atoms with van der Waals surface area (Å²) in [6.07, 6.45) is 3.42. The second-order valence-corrected chi connectivity index (χ2v) is 8.27. The van der Waals surface area contributed by atoms with Crippen LogP contribution in [0.1, 0.15) is 16.8 Å². The zero-order valence-corrected chi connectivity index (χ0v) is 17.7. The molecule has 1 fully saturated rings. The zero-order chi connectivity index (χ0) is 22.0. The molecule has 0 radical (unpaired) electrons. The van der Waals surface area contributed by atoms with Crippen molar-refractivity contribution in [3.8, 4) is 0 Å². The number of nitro groups is 1. The summed E-state index contributed by atoms with van der Waals surface area (Å²) in [5.74, 6) is -0.372. The van der Waals surface area contributed by atoms with Crippen LogP contribution in [0.25, 0.3) is 6.08 Å². The number of thioether (sulfide) groups is 1. The monoisotopic (exact) mass is 453 g/mol. The Kier molecular flexibility index (Phi) is 5.92. The van der Waals surface area contributed by atoms with Gasteiger partial charge in [0.25, 0.3) is 16.8 Å². The molecule has 9 heteroatoms. The van der Waals surface area contributed by atoms with Gasteiger partial charge in [-0.05, 0) is 47.7 Å². The summed E-state index contributed by atoms with van der Waals surface area (Å²) in [5.41, 5.74) is 2.06. The van der Waals surface area contributed by atoms with E-state index in [0.29, 0.717) is 21.2 Å². The summed E-state index contributed by atoms with van der Waals surface area (Å²) in [4.78, 5) is 37.6. The molecule has 1 aliphatic heterocycles. The maximum atomic E-state index is 12.8. The van der Waals surface area contributed by atoms with Crippen molar-refractivity contribution in [2.24, 2.45) is 0 Å². The van der Waals surface area contributed by atoms with Gasteiger partial charge in [-0.15, -0.1) is 0 Å². The summed E-state index contributed by atoms with van der Waals surface area (Å²) in [7, 11) is 0. The molecular formula is C22H16ClN3O4S. The minimum absolute atomic E-state index is 0.0328. The van der Waals surface area contributed by atoms with E-state index >= 15 is 0 Å². The number of hydrogen-bond acceptors (Lipinski definition) is 5. The Bertz CT molecular complexity index is 1200. The zero-order valence-electron chi connectivity index (χ0n) is 16.1. The second kappa shape index (κ2) is 8.79. The fourth-order valence-electron chi connectivity index (χ4n) is 3.25. The number of amides is 2. The van der Waals surface area contributed by atoms with E-state index in [1.165, 1.54) is 11.0 Å². The number of carbonyl (C=O) groups is 2. The Balaban J connectivity index is 1.56. The predicted octanol–water partition coefficient (Wildman–Crippen LogP) is 5.33. The van der Waals surface area contributed by atoms with Crippen LogP contribution >= 0.6 is 23.4 Å². The van der Waals surface area contributed by atoms with Crippen LogP contribution in [0.15, 0.2) is 71.8 Å². The van der Waals surface area contributed by atoms with Crippen LogP contribution in [0.2, 0.25) is 5.02 Å². The summed E-state index contributed by atoms with van der Waals surface area (Å²) in [6.45, 7) is 0.432. The third kappa shape index (κ3) is 4.55. The second-order valence-electron chi connectivity index (χ2n) is 6.84. The Labute approximate surface area is 187 Å². The number of imide groups is 1. The van der Waals surface area contributed by atoms with E-state index in [2.05, 4.69) is 0 Å². The number of para-hydroxylation sites is 1. The minimum atomic E-state index is -0.416. The Morgan fingerprint density at radius 2 is 1.74 bits per heavy atom. The summed E-state index contributed by atoms with van der Waals surface area (Å²) in [5, 5.41) is 11.5. The lowest BCUT2D eigenvalue weighted by atomic mass is 10.2. The molecule has 0 N–H and O–H groups in total. The van der Waals surface area contributed by atoms with Crippen LogP contribution in [-0.4, -0.2) is 25.5 Å². The molecule has 2 amide bonds. The van der Waals surface area contributed by atoms with Crippen LogP contribution in [0.5, 0.6) is 0 Å². The number of carbonyl (C=O) groups excluding carboxylic acids is 2. The SMILES string of the molecule is O=C1S/C(=C\c2cccn2Cc2ccccc2[N+](=O)[O-])C(=O)N1Cc1ccc(Cl)cc1. The van der Waals surface area contributed by atoms with E-state index in [0.717, 1.165) is 17.3 Å². The fourth-order valence-corrected chi connectivity index (χ4v) is 4.20. The van der Waals surface area contributed by atoms with Crippen molar-refractivity contribution in [3.63, 3.8) is 0 Å². The molecule has 0 unspecified atom stereocenters. The van der Waals surface area contributed by atoms with E-state index in [-0.39, 0.29) is 29.9 Å². The summed E-state index contributed by atoms with van der Waals surface area (Å²) >= 11 is 6.76. The Morgan fingerprint density at radius 1 is 1.00 bits per heavy atom. The molecule has 1 saturated heterocycles. The molecular weight excluding hydrogens is 438 g/mol. The van der Waals surface area contributed by atoms with Crippen molar-refractivity contribution in [2.75, 3.05) is 0 Å². The van der Waals surface area contributed by atoms with Crippen molar-refractivity contribution in [1.82, 2.24) is 9.47 Å². The topological polar surface area (TPSA) is 85.5 Å². The van der Waals surface area contributed by atoms with E-state index < -0.39 is 4.92 Å². The van der Waals surface area contributed by atoms with Crippen LogP contribution < -0.4 is 0 Å². The number of rotatable bonds is 6. The molecule has 7 nitrogen and oxygen atoms in total. The third-order valence-electron chi connectivity index (χ3n) is 4.80. The first kappa shape index (κ1) is 20.9. The molecule has 0 aliphatic carbocycles. The maximum Gasteiger partial charge on any atom is 0.293 e. The lowest BCUT2D eigenvalue weighted by molar-refractivity contribution is -0.385. The summed E-state index contributed by atoms with van der Waals surface area (Å²) in [6, 6.07) is 17.1. The number of aromatic nitrogens is 1. The van der Waals surface area contributed by atoms with Gasteiger partial charge in [0.15, 0.2) is 0 Å². The van der Waals surface area contributed by atoms with Gasteiger partial charge in [0, 0.05) is 28.5 Å². The first-order chi connectivity index (χ1) is 14.9. The van der Waals surface area contributed by atoms with Gasteiger partial charge in [-0.1, -0.05) is 41.9 Å². The number of hydrogen-bond donors (Lipinski definition) is 0. The number of nitrogens with zero attached hydrogens (tertiary/aromatic N) is 3. The van der Waals surface area contributed by atoms with Crippen LogP contribution in [-0.2, 0) is 17.9 Å². The predicted molar refractivity (Wildman–Crippen MR) is 120 cm³/mol. The molecule has 156 valence electrons. The van der Waals surface area contributed by atoms with Gasteiger partial charge in [0.1, 0.15) is 0 Å². The van der Waals surface area contributed by atoms with Gasteiger partial charge in [0.2, 0.25) is 0 Å². The van der Waals surface area contributed by atoms with Gasteiger partial charge >= 0.3 is 0 Å². The Morgan fingerprint density at radius 3 is 2.48 bits per heavy atom. The first-order valence-electron chi connectivity index (χ1n) is 9.29. The normalized spacial score (nSPS) is 15.1.